The minimum Gasteiger partial charge on any atom is -0.479 e. The summed E-state index contributed by atoms with van der Waals surface area (Å²) in [6.45, 7) is 1.75. The predicted molar refractivity (Wildman–Crippen MR) is 52.6 cm³/mol. The Bertz CT molecular complexity index is 340. The molecule has 2 heterocycles. The van der Waals surface area contributed by atoms with Gasteiger partial charge < -0.3 is 14.8 Å². The van der Waals surface area contributed by atoms with E-state index in [-0.39, 0.29) is 12.0 Å². The van der Waals surface area contributed by atoms with E-state index in [2.05, 4.69) is 10.3 Å². The third-order valence-corrected chi connectivity index (χ3v) is 2.28. The van der Waals surface area contributed by atoms with Crippen LogP contribution in [0.5, 0.6) is 11.8 Å². The fraction of sp³-hybridized carbons (Fsp3) is 0.500. The van der Waals surface area contributed by atoms with E-state index >= 15 is 0 Å². The van der Waals surface area contributed by atoms with E-state index in [9.17, 15) is 4.39 Å². The summed E-state index contributed by atoms with van der Waals surface area (Å²) in [7, 11) is 1.38. The Morgan fingerprint density at radius 2 is 2.40 bits per heavy atom. The predicted octanol–water partition coefficient (Wildman–Crippen LogP) is 0.970. The van der Waals surface area contributed by atoms with Gasteiger partial charge in [-0.3, -0.25) is 0 Å². The fourth-order valence-corrected chi connectivity index (χ4v) is 1.51. The number of hydrogen-bond donors (Lipinski definition) is 1. The van der Waals surface area contributed by atoms with Crippen molar-refractivity contribution in [2.24, 2.45) is 0 Å². The van der Waals surface area contributed by atoms with Gasteiger partial charge in [-0.1, -0.05) is 0 Å². The van der Waals surface area contributed by atoms with Crippen LogP contribution in [0.4, 0.5) is 4.39 Å². The second kappa shape index (κ2) is 4.44. The van der Waals surface area contributed by atoms with Crippen LogP contribution in [0.3, 0.4) is 0 Å². The lowest BCUT2D eigenvalue weighted by atomic mass is 10.3. The average molecular weight is 212 g/mol. The quantitative estimate of drug-likeness (QED) is 0.810. The summed E-state index contributed by atoms with van der Waals surface area (Å²) < 4.78 is 23.3. The standard InChI is InChI=1S/C10H13FN2O2/c1-14-10-8(11)2-3-9(13-10)15-7-4-5-12-6-7/h2-3,7,12H,4-6H2,1H3. The van der Waals surface area contributed by atoms with Gasteiger partial charge in [-0.15, -0.1) is 0 Å². The van der Waals surface area contributed by atoms with Crippen LogP contribution in [-0.2, 0) is 0 Å². The maximum absolute atomic E-state index is 13.0. The first-order chi connectivity index (χ1) is 7.29. The maximum Gasteiger partial charge on any atom is 0.253 e. The molecule has 2 rings (SSSR count). The van der Waals surface area contributed by atoms with Crippen LogP contribution in [0.15, 0.2) is 12.1 Å². The number of nitrogens with zero attached hydrogens (tertiary/aromatic N) is 1. The molecular formula is C10H13FN2O2. The zero-order valence-corrected chi connectivity index (χ0v) is 8.50. The maximum atomic E-state index is 13.0. The highest BCUT2D eigenvalue weighted by atomic mass is 19.1. The van der Waals surface area contributed by atoms with E-state index in [1.54, 1.807) is 0 Å². The molecule has 1 atom stereocenters. The summed E-state index contributed by atoms with van der Waals surface area (Å²) in [5.74, 6) is -0.102. The molecule has 82 valence electrons. The summed E-state index contributed by atoms with van der Waals surface area (Å²) in [5, 5.41) is 3.17. The summed E-state index contributed by atoms with van der Waals surface area (Å²) in [6.07, 6.45) is 1.06. The van der Waals surface area contributed by atoms with Gasteiger partial charge in [-0.2, -0.15) is 4.98 Å². The summed E-state index contributed by atoms with van der Waals surface area (Å²) >= 11 is 0. The normalized spacial score (nSPS) is 20.3. The second-order valence-corrected chi connectivity index (χ2v) is 3.37. The first-order valence-corrected chi connectivity index (χ1v) is 4.87. The molecule has 1 aromatic rings. The Morgan fingerprint density at radius 3 is 3.07 bits per heavy atom. The molecule has 0 bridgehead atoms. The molecule has 1 unspecified atom stereocenters. The first kappa shape index (κ1) is 10.2. The Balaban J connectivity index is 2.07. The van der Waals surface area contributed by atoms with Gasteiger partial charge in [0.15, 0.2) is 5.82 Å². The summed E-state index contributed by atoms with van der Waals surface area (Å²) in [6, 6.07) is 2.81. The summed E-state index contributed by atoms with van der Waals surface area (Å²) in [4.78, 5) is 3.91. The summed E-state index contributed by atoms with van der Waals surface area (Å²) in [5.41, 5.74) is 0. The lowest BCUT2D eigenvalue weighted by molar-refractivity contribution is 0.210. The molecule has 1 saturated heterocycles. The van der Waals surface area contributed by atoms with Gasteiger partial charge in [-0.05, 0) is 19.0 Å². The third-order valence-electron chi connectivity index (χ3n) is 2.28. The number of hydrogen-bond acceptors (Lipinski definition) is 4. The zero-order valence-electron chi connectivity index (χ0n) is 8.50. The van der Waals surface area contributed by atoms with Crippen molar-refractivity contribution in [2.75, 3.05) is 20.2 Å². The van der Waals surface area contributed by atoms with Crippen LogP contribution < -0.4 is 14.8 Å². The van der Waals surface area contributed by atoms with Crippen LogP contribution >= 0.6 is 0 Å². The first-order valence-electron chi connectivity index (χ1n) is 4.87. The van der Waals surface area contributed by atoms with Crippen molar-refractivity contribution in [3.63, 3.8) is 0 Å². The molecule has 0 amide bonds. The lowest BCUT2D eigenvalue weighted by Gasteiger charge is -2.11. The number of ether oxygens (including phenoxy) is 2. The molecular weight excluding hydrogens is 199 g/mol. The number of halogens is 1. The molecule has 1 aliphatic rings. The SMILES string of the molecule is COc1nc(OC2CCNC2)ccc1F. The topological polar surface area (TPSA) is 43.4 Å². The monoisotopic (exact) mass is 212 g/mol. The fourth-order valence-electron chi connectivity index (χ4n) is 1.51. The Labute approximate surface area is 87.4 Å². The molecule has 1 aliphatic heterocycles. The minimum absolute atomic E-state index is 0.0292. The lowest BCUT2D eigenvalue weighted by Crippen LogP contribution is -2.20. The largest absolute Gasteiger partial charge is 0.479 e. The van der Waals surface area contributed by atoms with Crippen molar-refractivity contribution in [1.82, 2.24) is 10.3 Å². The number of rotatable bonds is 3. The van der Waals surface area contributed by atoms with E-state index in [0.29, 0.717) is 5.88 Å². The molecule has 15 heavy (non-hydrogen) atoms. The smallest absolute Gasteiger partial charge is 0.253 e. The van der Waals surface area contributed by atoms with Crippen LogP contribution in [0.25, 0.3) is 0 Å². The number of aromatic nitrogens is 1. The van der Waals surface area contributed by atoms with E-state index in [1.165, 1.54) is 19.2 Å². The van der Waals surface area contributed by atoms with Crippen molar-refractivity contribution in [3.05, 3.63) is 17.9 Å². The van der Waals surface area contributed by atoms with E-state index in [1.807, 2.05) is 0 Å². The van der Waals surface area contributed by atoms with E-state index < -0.39 is 5.82 Å². The van der Waals surface area contributed by atoms with Crippen molar-refractivity contribution >= 4 is 0 Å². The van der Waals surface area contributed by atoms with Crippen LogP contribution in [0.2, 0.25) is 0 Å². The number of nitrogens with one attached hydrogen (secondary N) is 1. The van der Waals surface area contributed by atoms with Crippen molar-refractivity contribution in [3.8, 4) is 11.8 Å². The van der Waals surface area contributed by atoms with Gasteiger partial charge in [-0.25, -0.2) is 4.39 Å². The van der Waals surface area contributed by atoms with Gasteiger partial charge in [0, 0.05) is 12.6 Å². The molecule has 1 aromatic heterocycles. The Morgan fingerprint density at radius 1 is 1.53 bits per heavy atom. The molecule has 5 heteroatoms. The Hall–Kier alpha value is -1.36. The van der Waals surface area contributed by atoms with Crippen LogP contribution in [0, 0.1) is 5.82 Å². The van der Waals surface area contributed by atoms with Crippen molar-refractivity contribution in [1.29, 1.82) is 0 Å². The minimum atomic E-state index is -0.477. The van der Waals surface area contributed by atoms with Gasteiger partial charge in [0.1, 0.15) is 6.10 Å². The molecule has 0 saturated carbocycles. The average Bonchev–Trinajstić information content (AvgIpc) is 2.73. The number of methoxy groups -OCH3 is 1. The van der Waals surface area contributed by atoms with Crippen molar-refractivity contribution in [2.45, 2.75) is 12.5 Å². The van der Waals surface area contributed by atoms with Crippen molar-refractivity contribution < 1.29 is 13.9 Å². The highest BCUT2D eigenvalue weighted by molar-refractivity contribution is 5.22. The molecule has 0 aliphatic carbocycles. The third kappa shape index (κ3) is 2.36. The molecule has 0 radical (unpaired) electrons. The molecule has 1 N–H and O–H groups in total. The molecule has 0 spiro atoms. The van der Waals surface area contributed by atoms with Crippen LogP contribution in [-0.4, -0.2) is 31.3 Å². The molecule has 4 nitrogen and oxygen atoms in total. The molecule has 0 aromatic carbocycles. The van der Waals surface area contributed by atoms with Gasteiger partial charge in [0.05, 0.1) is 7.11 Å². The van der Waals surface area contributed by atoms with Gasteiger partial charge in [0.2, 0.25) is 5.88 Å². The van der Waals surface area contributed by atoms with E-state index in [4.69, 9.17) is 9.47 Å². The highest BCUT2D eigenvalue weighted by Crippen LogP contribution is 2.19. The van der Waals surface area contributed by atoms with Gasteiger partial charge in [0.25, 0.3) is 5.88 Å². The number of pyridine rings is 1. The molecule has 1 fully saturated rings. The van der Waals surface area contributed by atoms with E-state index in [0.717, 1.165) is 19.5 Å². The van der Waals surface area contributed by atoms with Crippen LogP contribution in [0.1, 0.15) is 6.42 Å². The second-order valence-electron chi connectivity index (χ2n) is 3.37. The Kier molecular flexibility index (Phi) is 3.01. The highest BCUT2D eigenvalue weighted by Gasteiger charge is 2.17. The van der Waals surface area contributed by atoms with Gasteiger partial charge >= 0.3 is 0 Å². The zero-order chi connectivity index (χ0) is 10.7.